The lowest BCUT2D eigenvalue weighted by molar-refractivity contribution is -0.143. The topological polar surface area (TPSA) is 62.5 Å². The Balaban J connectivity index is 2.52. The summed E-state index contributed by atoms with van der Waals surface area (Å²) in [7, 11) is 0. The number of aliphatic imine (C=N–C) groups is 1. The fourth-order valence-electron chi connectivity index (χ4n) is 1.23. The average molecular weight is 230 g/mol. The molecule has 0 bridgehead atoms. The number of ether oxygens (including phenoxy) is 1. The van der Waals surface area contributed by atoms with Crippen molar-refractivity contribution in [3.63, 3.8) is 0 Å². The Bertz CT molecular complexity index is 421. The van der Waals surface area contributed by atoms with Crippen molar-refractivity contribution in [3.8, 4) is 6.07 Å². The van der Waals surface area contributed by atoms with E-state index in [0.29, 0.717) is 6.54 Å². The molecule has 0 aliphatic rings. The average Bonchev–Trinajstić information content (AvgIpc) is 2.36. The van der Waals surface area contributed by atoms with Crippen LogP contribution in [0.15, 0.2) is 35.3 Å². The van der Waals surface area contributed by atoms with Crippen LogP contribution in [0.5, 0.6) is 0 Å². The first-order valence-corrected chi connectivity index (χ1v) is 5.38. The largest absolute Gasteiger partial charge is 0.465 e. The first kappa shape index (κ1) is 12.9. The Morgan fingerprint density at radius 2 is 2.24 bits per heavy atom. The monoisotopic (exact) mass is 230 g/mol. The number of hydrogen-bond acceptors (Lipinski definition) is 4. The Hall–Kier alpha value is -2.15. The van der Waals surface area contributed by atoms with Gasteiger partial charge in [0, 0.05) is 6.21 Å². The van der Waals surface area contributed by atoms with Gasteiger partial charge in [0.2, 0.25) is 0 Å². The van der Waals surface area contributed by atoms with Crippen LogP contribution in [0.4, 0.5) is 0 Å². The highest BCUT2D eigenvalue weighted by molar-refractivity contribution is 5.92. The van der Waals surface area contributed by atoms with E-state index in [0.717, 1.165) is 5.56 Å². The lowest BCUT2D eigenvalue weighted by atomic mass is 10.2. The minimum atomic E-state index is -0.918. The zero-order valence-corrected chi connectivity index (χ0v) is 9.67. The van der Waals surface area contributed by atoms with Gasteiger partial charge >= 0.3 is 5.97 Å². The molecular formula is C13H14N2O2. The molecule has 0 radical (unpaired) electrons. The smallest absolute Gasteiger partial charge is 0.328 e. The van der Waals surface area contributed by atoms with Crippen molar-refractivity contribution in [2.75, 3.05) is 6.61 Å². The van der Waals surface area contributed by atoms with E-state index in [1.165, 1.54) is 6.21 Å². The van der Waals surface area contributed by atoms with E-state index in [1.54, 1.807) is 6.92 Å². The number of esters is 1. The molecule has 17 heavy (non-hydrogen) atoms. The number of nitriles is 1. The number of carbonyl (C=O) groups excluding carboxylic acids is 1. The summed E-state index contributed by atoms with van der Waals surface area (Å²) in [5, 5.41) is 8.78. The lowest BCUT2D eigenvalue weighted by Crippen LogP contribution is -2.17. The summed E-state index contributed by atoms with van der Waals surface area (Å²) in [5.74, 6) is -1.47. The molecule has 0 saturated carbocycles. The molecule has 88 valence electrons. The standard InChI is InChI=1S/C13H14N2O2/c1-2-17-13(16)12(8-14)10-15-9-11-6-4-3-5-7-11/h3-7,10,12H,2,9H2,1H3/t12-/m0/s1. The molecule has 1 aromatic rings. The summed E-state index contributed by atoms with van der Waals surface area (Å²) < 4.78 is 4.74. The van der Waals surface area contributed by atoms with Crippen molar-refractivity contribution in [3.05, 3.63) is 35.9 Å². The highest BCUT2D eigenvalue weighted by atomic mass is 16.5. The van der Waals surface area contributed by atoms with E-state index in [9.17, 15) is 4.79 Å². The second-order valence-electron chi connectivity index (χ2n) is 3.33. The highest BCUT2D eigenvalue weighted by Crippen LogP contribution is 2.01. The molecule has 0 aliphatic heterocycles. The van der Waals surface area contributed by atoms with Crippen LogP contribution in [-0.4, -0.2) is 18.8 Å². The van der Waals surface area contributed by atoms with Crippen molar-refractivity contribution < 1.29 is 9.53 Å². The molecule has 0 aliphatic carbocycles. The molecular weight excluding hydrogens is 216 g/mol. The first-order chi connectivity index (χ1) is 8.27. The number of rotatable bonds is 5. The summed E-state index contributed by atoms with van der Waals surface area (Å²) in [5.41, 5.74) is 1.03. The van der Waals surface area contributed by atoms with Gasteiger partial charge in [-0.2, -0.15) is 5.26 Å². The van der Waals surface area contributed by atoms with Gasteiger partial charge in [-0.25, -0.2) is 0 Å². The van der Waals surface area contributed by atoms with E-state index >= 15 is 0 Å². The van der Waals surface area contributed by atoms with E-state index in [1.807, 2.05) is 36.4 Å². The maximum absolute atomic E-state index is 11.3. The molecule has 0 aromatic heterocycles. The molecule has 1 rings (SSSR count). The van der Waals surface area contributed by atoms with Crippen LogP contribution >= 0.6 is 0 Å². The molecule has 0 fully saturated rings. The summed E-state index contributed by atoms with van der Waals surface area (Å²) in [4.78, 5) is 15.3. The minimum Gasteiger partial charge on any atom is -0.465 e. The molecule has 0 unspecified atom stereocenters. The number of nitrogens with zero attached hydrogens (tertiary/aromatic N) is 2. The van der Waals surface area contributed by atoms with E-state index < -0.39 is 11.9 Å². The summed E-state index contributed by atoms with van der Waals surface area (Å²) in [6.45, 7) is 2.43. The predicted molar refractivity (Wildman–Crippen MR) is 64.4 cm³/mol. The molecule has 0 saturated heterocycles. The second-order valence-corrected chi connectivity index (χ2v) is 3.33. The van der Waals surface area contributed by atoms with Gasteiger partial charge in [0.25, 0.3) is 0 Å². The number of hydrogen-bond donors (Lipinski definition) is 0. The van der Waals surface area contributed by atoms with Gasteiger partial charge in [-0.1, -0.05) is 30.3 Å². The van der Waals surface area contributed by atoms with Gasteiger partial charge < -0.3 is 4.74 Å². The van der Waals surface area contributed by atoms with Gasteiger partial charge in [-0.3, -0.25) is 9.79 Å². The Labute approximate surface area is 101 Å². The highest BCUT2D eigenvalue weighted by Gasteiger charge is 2.15. The van der Waals surface area contributed by atoms with Crippen LogP contribution in [0.25, 0.3) is 0 Å². The molecule has 0 N–H and O–H groups in total. The maximum Gasteiger partial charge on any atom is 0.328 e. The summed E-state index contributed by atoms with van der Waals surface area (Å²) >= 11 is 0. The van der Waals surface area contributed by atoms with E-state index in [2.05, 4.69) is 4.99 Å². The first-order valence-electron chi connectivity index (χ1n) is 5.38. The van der Waals surface area contributed by atoms with Crippen molar-refractivity contribution in [1.82, 2.24) is 0 Å². The van der Waals surface area contributed by atoms with Gasteiger partial charge in [-0.05, 0) is 12.5 Å². The van der Waals surface area contributed by atoms with Crippen molar-refractivity contribution in [2.24, 2.45) is 10.9 Å². The van der Waals surface area contributed by atoms with Crippen LogP contribution in [0.3, 0.4) is 0 Å². The van der Waals surface area contributed by atoms with Crippen LogP contribution in [0.1, 0.15) is 12.5 Å². The third-order valence-corrected chi connectivity index (χ3v) is 2.05. The molecule has 0 spiro atoms. The fraction of sp³-hybridized carbons (Fsp3) is 0.308. The third-order valence-electron chi connectivity index (χ3n) is 2.05. The predicted octanol–water partition coefficient (Wildman–Crippen LogP) is 1.96. The quantitative estimate of drug-likeness (QED) is 0.573. The van der Waals surface area contributed by atoms with Crippen LogP contribution in [0.2, 0.25) is 0 Å². The number of benzene rings is 1. The maximum atomic E-state index is 11.3. The molecule has 4 nitrogen and oxygen atoms in total. The SMILES string of the molecule is CCOC(=O)[C@@H](C#N)C=NCc1ccccc1. The number of carbonyl (C=O) groups is 1. The Morgan fingerprint density at radius 3 is 2.82 bits per heavy atom. The van der Waals surface area contributed by atoms with Crippen LogP contribution < -0.4 is 0 Å². The zero-order valence-electron chi connectivity index (χ0n) is 9.67. The molecule has 0 heterocycles. The molecule has 1 atom stereocenters. The summed E-state index contributed by atoms with van der Waals surface area (Å²) in [6, 6.07) is 11.5. The molecule has 4 heteroatoms. The third kappa shape index (κ3) is 4.47. The van der Waals surface area contributed by atoms with Crippen molar-refractivity contribution in [2.45, 2.75) is 13.5 Å². The molecule has 1 aromatic carbocycles. The zero-order chi connectivity index (χ0) is 12.5. The van der Waals surface area contributed by atoms with Crippen molar-refractivity contribution >= 4 is 12.2 Å². The Morgan fingerprint density at radius 1 is 1.53 bits per heavy atom. The minimum absolute atomic E-state index is 0.267. The fourth-order valence-corrected chi connectivity index (χ4v) is 1.23. The Kier molecular flexibility index (Phi) is 5.45. The van der Waals surface area contributed by atoms with Crippen LogP contribution in [-0.2, 0) is 16.1 Å². The van der Waals surface area contributed by atoms with Crippen LogP contribution in [0, 0.1) is 17.2 Å². The second kappa shape index (κ2) is 7.18. The van der Waals surface area contributed by atoms with E-state index in [4.69, 9.17) is 10.00 Å². The van der Waals surface area contributed by atoms with Gasteiger partial charge in [0.1, 0.15) is 0 Å². The lowest BCUT2D eigenvalue weighted by Gasteiger charge is -2.02. The summed E-state index contributed by atoms with van der Waals surface area (Å²) in [6.07, 6.45) is 1.34. The van der Waals surface area contributed by atoms with E-state index in [-0.39, 0.29) is 6.61 Å². The normalized spacial score (nSPS) is 12.0. The van der Waals surface area contributed by atoms with Gasteiger partial charge in [0.15, 0.2) is 5.92 Å². The molecule has 0 amide bonds. The van der Waals surface area contributed by atoms with Crippen molar-refractivity contribution in [1.29, 1.82) is 5.26 Å². The van der Waals surface area contributed by atoms with Gasteiger partial charge in [-0.15, -0.1) is 0 Å². The van der Waals surface area contributed by atoms with Gasteiger partial charge in [0.05, 0.1) is 19.2 Å².